The molecule has 3 heterocycles. The summed E-state index contributed by atoms with van der Waals surface area (Å²) < 4.78 is 0. The normalized spacial score (nSPS) is 21.6. The van der Waals surface area contributed by atoms with Crippen LogP contribution in [0.15, 0.2) is 42.9 Å². The van der Waals surface area contributed by atoms with Gasteiger partial charge in [0.25, 0.3) is 0 Å². The summed E-state index contributed by atoms with van der Waals surface area (Å²) in [7, 11) is 0. The van der Waals surface area contributed by atoms with Crippen LogP contribution in [0.4, 0.5) is 0 Å². The van der Waals surface area contributed by atoms with Gasteiger partial charge >= 0.3 is 0 Å². The van der Waals surface area contributed by atoms with Crippen LogP contribution in [0.1, 0.15) is 17.0 Å². The number of hydrogen-bond acceptors (Lipinski definition) is 4. The summed E-state index contributed by atoms with van der Waals surface area (Å²) in [6.45, 7) is 2.79. The molecule has 0 spiro atoms. The molecule has 1 aliphatic rings. The molecule has 0 bridgehead atoms. The average molecular weight is 343 g/mol. The molecule has 2 aromatic heterocycles. The number of halogens is 1. The largest absolute Gasteiger partial charge is 0.396 e. The van der Waals surface area contributed by atoms with Crippen molar-refractivity contribution in [3.8, 4) is 0 Å². The van der Waals surface area contributed by atoms with Crippen molar-refractivity contribution in [1.29, 1.82) is 0 Å². The van der Waals surface area contributed by atoms with Crippen LogP contribution in [-0.4, -0.2) is 44.7 Å². The van der Waals surface area contributed by atoms with Crippen molar-refractivity contribution in [3.63, 3.8) is 0 Å². The molecule has 1 saturated heterocycles. The molecule has 0 amide bonds. The van der Waals surface area contributed by atoms with Gasteiger partial charge in [-0.15, -0.1) is 0 Å². The van der Waals surface area contributed by atoms with E-state index in [9.17, 15) is 5.11 Å². The molecular weight excluding hydrogens is 324 g/mol. The number of fused-ring (bicyclic) bond motifs is 1. The second kappa shape index (κ2) is 6.51. The number of aliphatic hydroxyl groups is 1. The van der Waals surface area contributed by atoms with Gasteiger partial charge in [-0.25, -0.2) is 4.98 Å². The predicted molar refractivity (Wildman–Crippen MR) is 93.9 cm³/mol. The highest BCUT2D eigenvalue weighted by atomic mass is 35.5. The standard InChI is InChI=1S/C18H19ClN4O/c19-15-3-1-12(2-4-15)16-10-23(9-14(16)11-24)8-13-7-22-18-17(13)20-5-6-21-18/h1-7,14,16,24H,8-11H2,(H,21,22)/t14-,16-/m0/s1. The summed E-state index contributed by atoms with van der Waals surface area (Å²) in [6.07, 6.45) is 5.39. The molecule has 0 unspecified atom stereocenters. The van der Waals surface area contributed by atoms with Crippen molar-refractivity contribution in [2.45, 2.75) is 12.5 Å². The summed E-state index contributed by atoms with van der Waals surface area (Å²) in [6, 6.07) is 7.97. The first kappa shape index (κ1) is 15.6. The molecule has 24 heavy (non-hydrogen) atoms. The number of benzene rings is 1. The van der Waals surface area contributed by atoms with Gasteiger partial charge in [0.15, 0.2) is 5.65 Å². The molecule has 1 aromatic carbocycles. The van der Waals surface area contributed by atoms with Crippen LogP contribution in [0.5, 0.6) is 0 Å². The average Bonchev–Trinajstić information content (AvgIpc) is 3.20. The van der Waals surface area contributed by atoms with E-state index >= 15 is 0 Å². The van der Waals surface area contributed by atoms with E-state index in [1.807, 2.05) is 18.3 Å². The lowest BCUT2D eigenvalue weighted by Gasteiger charge is -2.16. The summed E-state index contributed by atoms with van der Waals surface area (Å²) in [5.74, 6) is 0.561. The molecular formula is C18H19ClN4O. The van der Waals surface area contributed by atoms with E-state index in [-0.39, 0.29) is 12.5 Å². The van der Waals surface area contributed by atoms with Gasteiger partial charge in [0.2, 0.25) is 0 Å². The number of rotatable bonds is 4. The number of likely N-dealkylation sites (tertiary alicyclic amines) is 1. The smallest absolute Gasteiger partial charge is 0.156 e. The van der Waals surface area contributed by atoms with Gasteiger partial charge in [0.05, 0.1) is 0 Å². The zero-order valence-corrected chi connectivity index (χ0v) is 13.9. The maximum Gasteiger partial charge on any atom is 0.156 e. The third-order valence-electron chi connectivity index (χ3n) is 4.83. The zero-order chi connectivity index (χ0) is 16.5. The van der Waals surface area contributed by atoms with E-state index in [2.05, 4.69) is 32.0 Å². The number of nitrogens with zero attached hydrogens (tertiary/aromatic N) is 3. The first-order valence-electron chi connectivity index (χ1n) is 8.10. The second-order valence-electron chi connectivity index (χ2n) is 6.36. The van der Waals surface area contributed by atoms with Crippen molar-refractivity contribution in [3.05, 3.63) is 59.0 Å². The van der Waals surface area contributed by atoms with Gasteiger partial charge in [0.1, 0.15) is 5.52 Å². The second-order valence-corrected chi connectivity index (χ2v) is 6.80. The highest BCUT2D eigenvalue weighted by molar-refractivity contribution is 6.30. The SMILES string of the molecule is OC[C@@H]1CN(Cc2c[nH]c3nccnc23)C[C@H]1c1ccc(Cl)cc1. The Balaban J connectivity index is 1.54. The van der Waals surface area contributed by atoms with Crippen molar-refractivity contribution in [1.82, 2.24) is 19.9 Å². The van der Waals surface area contributed by atoms with Crippen LogP contribution in [0.2, 0.25) is 5.02 Å². The monoisotopic (exact) mass is 342 g/mol. The fourth-order valence-corrected chi connectivity index (χ4v) is 3.75. The Bertz CT molecular complexity index is 832. The molecule has 0 saturated carbocycles. The topological polar surface area (TPSA) is 65.0 Å². The third-order valence-corrected chi connectivity index (χ3v) is 5.08. The maximum absolute atomic E-state index is 9.79. The fraction of sp³-hybridized carbons (Fsp3) is 0.333. The highest BCUT2D eigenvalue weighted by Gasteiger charge is 2.33. The van der Waals surface area contributed by atoms with E-state index in [1.165, 1.54) is 5.56 Å². The lowest BCUT2D eigenvalue weighted by Crippen LogP contribution is -2.20. The Hall–Kier alpha value is -1.95. The van der Waals surface area contributed by atoms with Crippen LogP contribution < -0.4 is 0 Å². The number of nitrogens with one attached hydrogen (secondary N) is 1. The Morgan fingerprint density at radius 1 is 1.17 bits per heavy atom. The molecule has 2 N–H and O–H groups in total. The molecule has 1 fully saturated rings. The molecule has 1 aliphatic heterocycles. The lowest BCUT2D eigenvalue weighted by molar-refractivity contribution is 0.214. The van der Waals surface area contributed by atoms with E-state index in [4.69, 9.17) is 11.6 Å². The van der Waals surface area contributed by atoms with Crippen molar-refractivity contribution >= 4 is 22.8 Å². The third kappa shape index (κ3) is 2.90. The van der Waals surface area contributed by atoms with Crippen LogP contribution >= 0.6 is 11.6 Å². The van der Waals surface area contributed by atoms with Gasteiger partial charge in [-0.1, -0.05) is 23.7 Å². The predicted octanol–water partition coefficient (Wildman–Crippen LogP) is 2.82. The van der Waals surface area contributed by atoms with Crippen LogP contribution in [-0.2, 0) is 6.54 Å². The van der Waals surface area contributed by atoms with E-state index in [0.717, 1.165) is 41.4 Å². The minimum Gasteiger partial charge on any atom is -0.396 e. The zero-order valence-electron chi connectivity index (χ0n) is 13.2. The fourth-order valence-electron chi connectivity index (χ4n) is 3.63. The van der Waals surface area contributed by atoms with Crippen molar-refractivity contribution in [2.75, 3.05) is 19.7 Å². The molecule has 0 aliphatic carbocycles. The highest BCUT2D eigenvalue weighted by Crippen LogP contribution is 2.34. The van der Waals surface area contributed by atoms with E-state index < -0.39 is 0 Å². The summed E-state index contributed by atoms with van der Waals surface area (Å²) >= 11 is 5.99. The minimum atomic E-state index is 0.192. The quantitative estimate of drug-likeness (QED) is 0.765. The summed E-state index contributed by atoms with van der Waals surface area (Å²) in [4.78, 5) is 14.3. The van der Waals surface area contributed by atoms with E-state index in [1.54, 1.807) is 12.4 Å². The Morgan fingerprint density at radius 2 is 1.96 bits per heavy atom. The lowest BCUT2D eigenvalue weighted by atomic mass is 9.90. The van der Waals surface area contributed by atoms with E-state index in [0.29, 0.717) is 5.92 Å². The van der Waals surface area contributed by atoms with Gasteiger partial charge in [0, 0.05) is 67.3 Å². The molecule has 3 aromatic rings. The molecule has 6 heteroatoms. The first-order chi connectivity index (χ1) is 11.7. The number of aromatic nitrogens is 3. The van der Waals surface area contributed by atoms with Crippen LogP contribution in [0.25, 0.3) is 11.2 Å². The Kier molecular flexibility index (Phi) is 4.22. The van der Waals surface area contributed by atoms with Crippen LogP contribution in [0.3, 0.4) is 0 Å². The number of aliphatic hydroxyl groups excluding tert-OH is 1. The van der Waals surface area contributed by atoms with Crippen LogP contribution in [0, 0.1) is 5.92 Å². The molecule has 5 nitrogen and oxygen atoms in total. The summed E-state index contributed by atoms with van der Waals surface area (Å²) in [5, 5.41) is 10.5. The maximum atomic E-state index is 9.79. The molecule has 2 atom stereocenters. The number of hydrogen-bond donors (Lipinski definition) is 2. The number of H-pyrrole nitrogens is 1. The van der Waals surface area contributed by atoms with Crippen molar-refractivity contribution < 1.29 is 5.11 Å². The molecule has 4 rings (SSSR count). The Labute approximate surface area is 145 Å². The first-order valence-corrected chi connectivity index (χ1v) is 8.48. The molecule has 0 radical (unpaired) electrons. The van der Waals surface area contributed by atoms with Gasteiger partial charge in [-0.05, 0) is 17.7 Å². The van der Waals surface area contributed by atoms with Gasteiger partial charge in [-0.3, -0.25) is 9.88 Å². The van der Waals surface area contributed by atoms with Crippen molar-refractivity contribution in [2.24, 2.45) is 5.92 Å². The molecule has 124 valence electrons. The minimum absolute atomic E-state index is 0.192. The number of aromatic amines is 1. The summed E-state index contributed by atoms with van der Waals surface area (Å²) in [5.41, 5.74) is 4.12. The van der Waals surface area contributed by atoms with Gasteiger partial charge in [-0.2, -0.15) is 0 Å². The Morgan fingerprint density at radius 3 is 2.75 bits per heavy atom. The van der Waals surface area contributed by atoms with Gasteiger partial charge < -0.3 is 10.1 Å².